The van der Waals surface area contributed by atoms with E-state index in [2.05, 4.69) is 32.9 Å². The molecular weight excluding hydrogens is 200 g/mol. The van der Waals surface area contributed by atoms with Gasteiger partial charge < -0.3 is 0 Å². The fourth-order valence-corrected chi connectivity index (χ4v) is 2.79. The number of hydrogen-bond donors (Lipinski definition) is 0. The van der Waals surface area contributed by atoms with E-state index in [1.54, 1.807) is 0 Å². The molecule has 0 fully saturated rings. The first kappa shape index (κ1) is 11.1. The van der Waals surface area contributed by atoms with Crippen molar-refractivity contribution in [3.8, 4) is 0 Å². The summed E-state index contributed by atoms with van der Waals surface area (Å²) in [5.41, 5.74) is 0. The summed E-state index contributed by atoms with van der Waals surface area (Å²) in [6.45, 7) is 6.61. The van der Waals surface area contributed by atoms with E-state index in [0.717, 1.165) is 12.8 Å². The molecule has 0 nitrogen and oxygen atoms in total. The second-order valence-electron chi connectivity index (χ2n) is 3.75. The maximum atomic E-state index is 6.28. The van der Waals surface area contributed by atoms with Crippen molar-refractivity contribution in [2.24, 2.45) is 5.92 Å². The predicted octanol–water partition coefficient (Wildman–Crippen LogP) is 4.64. The van der Waals surface area contributed by atoms with Crippen LogP contribution in [0.3, 0.4) is 0 Å². The predicted molar refractivity (Wildman–Crippen MR) is 61.7 cm³/mol. The summed E-state index contributed by atoms with van der Waals surface area (Å²) >= 11 is 8.13. The molecule has 0 aromatic carbocycles. The third-order valence-electron chi connectivity index (χ3n) is 2.02. The monoisotopic (exact) mass is 216 g/mol. The molecule has 1 aromatic rings. The van der Waals surface area contributed by atoms with Crippen LogP contribution in [0.4, 0.5) is 0 Å². The Labute approximate surface area is 89.9 Å². The standard InChI is InChI=1S/C11H17ClS/c1-4-9-5-6-11(13-9)10(12)7-8(2)3/h5-6,8,10H,4,7H2,1-3H3. The van der Waals surface area contributed by atoms with Crippen molar-refractivity contribution in [3.63, 3.8) is 0 Å². The molecule has 0 aliphatic heterocycles. The van der Waals surface area contributed by atoms with Gasteiger partial charge in [-0.2, -0.15) is 0 Å². The number of hydrogen-bond acceptors (Lipinski definition) is 1. The van der Waals surface area contributed by atoms with Crippen molar-refractivity contribution in [2.45, 2.75) is 39.0 Å². The van der Waals surface area contributed by atoms with E-state index in [4.69, 9.17) is 11.6 Å². The minimum atomic E-state index is 0.213. The van der Waals surface area contributed by atoms with Crippen LogP contribution in [-0.2, 0) is 6.42 Å². The van der Waals surface area contributed by atoms with Crippen LogP contribution in [0.25, 0.3) is 0 Å². The van der Waals surface area contributed by atoms with Gasteiger partial charge in [-0.25, -0.2) is 0 Å². The number of halogens is 1. The molecule has 0 radical (unpaired) electrons. The summed E-state index contributed by atoms with van der Waals surface area (Å²) in [5.74, 6) is 0.676. The molecule has 0 saturated heterocycles. The van der Waals surface area contributed by atoms with Gasteiger partial charge >= 0.3 is 0 Å². The van der Waals surface area contributed by atoms with Gasteiger partial charge in [0.05, 0.1) is 5.38 Å². The Hall–Kier alpha value is -0.0100. The minimum absolute atomic E-state index is 0.213. The lowest BCUT2D eigenvalue weighted by Crippen LogP contribution is -1.93. The number of aryl methyl sites for hydroxylation is 1. The molecule has 0 aliphatic carbocycles. The van der Waals surface area contributed by atoms with Gasteiger partial charge in [-0.15, -0.1) is 22.9 Å². The van der Waals surface area contributed by atoms with E-state index in [9.17, 15) is 0 Å². The van der Waals surface area contributed by atoms with E-state index < -0.39 is 0 Å². The van der Waals surface area contributed by atoms with Gasteiger partial charge in [-0.05, 0) is 30.9 Å². The maximum Gasteiger partial charge on any atom is 0.0681 e. The highest BCUT2D eigenvalue weighted by molar-refractivity contribution is 7.12. The van der Waals surface area contributed by atoms with Crippen LogP contribution in [0.5, 0.6) is 0 Å². The smallest absolute Gasteiger partial charge is 0.0681 e. The molecule has 0 amide bonds. The fraction of sp³-hybridized carbons (Fsp3) is 0.636. The Morgan fingerprint density at radius 2 is 2.08 bits per heavy atom. The zero-order valence-electron chi connectivity index (χ0n) is 8.51. The lowest BCUT2D eigenvalue weighted by Gasteiger charge is -2.09. The first-order chi connectivity index (χ1) is 6.13. The Balaban J connectivity index is 2.60. The first-order valence-corrected chi connectivity index (χ1v) is 6.11. The molecule has 0 bridgehead atoms. The largest absolute Gasteiger partial charge is 0.144 e. The molecule has 1 atom stereocenters. The van der Waals surface area contributed by atoms with Crippen molar-refractivity contribution in [1.29, 1.82) is 0 Å². The summed E-state index contributed by atoms with van der Waals surface area (Å²) in [4.78, 5) is 2.76. The second-order valence-corrected chi connectivity index (χ2v) is 5.48. The van der Waals surface area contributed by atoms with Crippen LogP contribution in [0.2, 0.25) is 0 Å². The van der Waals surface area contributed by atoms with Gasteiger partial charge in [-0.3, -0.25) is 0 Å². The van der Waals surface area contributed by atoms with E-state index in [-0.39, 0.29) is 5.38 Å². The summed E-state index contributed by atoms with van der Waals surface area (Å²) in [5, 5.41) is 0.213. The first-order valence-electron chi connectivity index (χ1n) is 4.86. The zero-order chi connectivity index (χ0) is 9.84. The molecule has 0 N–H and O–H groups in total. The number of alkyl halides is 1. The van der Waals surface area contributed by atoms with Crippen LogP contribution in [0.15, 0.2) is 12.1 Å². The van der Waals surface area contributed by atoms with Gasteiger partial charge in [0.25, 0.3) is 0 Å². The van der Waals surface area contributed by atoms with Crippen LogP contribution in [-0.4, -0.2) is 0 Å². The van der Waals surface area contributed by atoms with Crippen molar-refractivity contribution in [2.75, 3.05) is 0 Å². The lowest BCUT2D eigenvalue weighted by molar-refractivity contribution is 0.578. The molecule has 0 spiro atoms. The third kappa shape index (κ3) is 3.32. The Kier molecular flexibility index (Phi) is 4.27. The summed E-state index contributed by atoms with van der Waals surface area (Å²) in [6.07, 6.45) is 2.20. The Morgan fingerprint density at radius 1 is 1.38 bits per heavy atom. The Bertz CT molecular complexity index is 252. The average molecular weight is 217 g/mol. The van der Waals surface area contributed by atoms with Crippen LogP contribution in [0, 0.1) is 5.92 Å². The van der Waals surface area contributed by atoms with Crippen molar-refractivity contribution in [1.82, 2.24) is 0 Å². The molecule has 2 heteroatoms. The second kappa shape index (κ2) is 5.02. The van der Waals surface area contributed by atoms with Crippen molar-refractivity contribution in [3.05, 3.63) is 21.9 Å². The highest BCUT2D eigenvalue weighted by atomic mass is 35.5. The van der Waals surface area contributed by atoms with Gasteiger partial charge in [0.1, 0.15) is 0 Å². The SMILES string of the molecule is CCc1ccc(C(Cl)CC(C)C)s1. The topological polar surface area (TPSA) is 0 Å². The van der Waals surface area contributed by atoms with Crippen LogP contribution >= 0.6 is 22.9 Å². The molecule has 0 saturated carbocycles. The molecular formula is C11H17ClS. The highest BCUT2D eigenvalue weighted by Gasteiger charge is 2.11. The number of rotatable bonds is 4. The van der Waals surface area contributed by atoms with Crippen LogP contribution in [0.1, 0.15) is 42.3 Å². The van der Waals surface area contributed by atoms with E-state index in [0.29, 0.717) is 5.92 Å². The maximum absolute atomic E-state index is 6.28. The van der Waals surface area contributed by atoms with Gasteiger partial charge in [0.2, 0.25) is 0 Å². The fourth-order valence-electron chi connectivity index (χ4n) is 1.28. The molecule has 0 aliphatic rings. The van der Waals surface area contributed by atoms with E-state index >= 15 is 0 Å². The molecule has 1 rings (SSSR count). The van der Waals surface area contributed by atoms with Gasteiger partial charge in [-0.1, -0.05) is 20.8 Å². The number of thiophene rings is 1. The molecule has 74 valence electrons. The molecule has 1 aromatic heterocycles. The molecule has 1 unspecified atom stereocenters. The normalized spacial score (nSPS) is 13.6. The quantitative estimate of drug-likeness (QED) is 0.644. The molecule has 13 heavy (non-hydrogen) atoms. The molecule has 1 heterocycles. The van der Waals surface area contributed by atoms with Crippen molar-refractivity contribution >= 4 is 22.9 Å². The highest BCUT2D eigenvalue weighted by Crippen LogP contribution is 2.32. The van der Waals surface area contributed by atoms with Gasteiger partial charge in [0.15, 0.2) is 0 Å². The van der Waals surface area contributed by atoms with E-state index in [1.807, 2.05) is 11.3 Å². The third-order valence-corrected chi connectivity index (χ3v) is 3.90. The van der Waals surface area contributed by atoms with Crippen LogP contribution < -0.4 is 0 Å². The lowest BCUT2D eigenvalue weighted by atomic mass is 10.1. The summed E-state index contributed by atoms with van der Waals surface area (Å²) in [7, 11) is 0. The zero-order valence-corrected chi connectivity index (χ0v) is 10.1. The van der Waals surface area contributed by atoms with Crippen molar-refractivity contribution < 1.29 is 0 Å². The Morgan fingerprint density at radius 3 is 2.54 bits per heavy atom. The minimum Gasteiger partial charge on any atom is -0.144 e. The van der Waals surface area contributed by atoms with Gasteiger partial charge in [0, 0.05) is 9.75 Å². The average Bonchev–Trinajstić information content (AvgIpc) is 2.50. The summed E-state index contributed by atoms with van der Waals surface area (Å²) in [6, 6.07) is 4.36. The van der Waals surface area contributed by atoms with E-state index in [1.165, 1.54) is 9.75 Å². The summed E-state index contributed by atoms with van der Waals surface area (Å²) < 4.78 is 0.